The summed E-state index contributed by atoms with van der Waals surface area (Å²) in [5, 5.41) is 1.00. The summed E-state index contributed by atoms with van der Waals surface area (Å²) in [7, 11) is -2.98. The van der Waals surface area contributed by atoms with Gasteiger partial charge in [-0.05, 0) is 18.9 Å². The van der Waals surface area contributed by atoms with Crippen molar-refractivity contribution in [1.82, 2.24) is 14.5 Å². The minimum Gasteiger partial charge on any atom is -0.382 e. The fraction of sp³-hybridized carbons (Fsp3) is 0.444. The molecule has 0 saturated carbocycles. The van der Waals surface area contributed by atoms with Crippen LogP contribution in [0, 0.1) is 0 Å². The van der Waals surface area contributed by atoms with E-state index in [2.05, 4.69) is 16.5 Å². The van der Waals surface area contributed by atoms with Crippen LogP contribution in [0.5, 0.6) is 0 Å². The molecule has 0 aliphatic carbocycles. The number of nitrogen functional groups attached to an aromatic ring is 1. The van der Waals surface area contributed by atoms with Gasteiger partial charge in [0.15, 0.2) is 5.82 Å². The topological polar surface area (TPSA) is 90.9 Å². The lowest BCUT2D eigenvalue weighted by Gasteiger charge is -2.10. The van der Waals surface area contributed by atoms with Gasteiger partial charge in [-0.25, -0.2) is 18.4 Å². The highest BCUT2D eigenvalue weighted by atomic mass is 32.2. The molecule has 0 atom stereocenters. The third-order valence-corrected chi connectivity index (χ3v) is 5.37. The average Bonchev–Trinajstić information content (AvgIpc) is 2.91. The van der Waals surface area contributed by atoms with Gasteiger partial charge in [-0.15, -0.1) is 0 Å². The fourth-order valence-electron chi connectivity index (χ4n) is 3.16. The number of rotatable bonds is 7. The SMILES string of the molecule is CCCCc1nc2c(N)nc3ccccc3c2n1CCCS(C)(=O)=O. The number of anilines is 1. The molecule has 25 heavy (non-hydrogen) atoms. The van der Waals surface area contributed by atoms with E-state index in [0.29, 0.717) is 24.3 Å². The van der Waals surface area contributed by atoms with E-state index in [4.69, 9.17) is 10.7 Å². The van der Waals surface area contributed by atoms with Crippen LogP contribution in [0.25, 0.3) is 21.9 Å². The van der Waals surface area contributed by atoms with Crippen LogP contribution in [0.4, 0.5) is 5.82 Å². The van der Waals surface area contributed by atoms with Crippen molar-refractivity contribution >= 4 is 37.6 Å². The summed E-state index contributed by atoms with van der Waals surface area (Å²) >= 11 is 0. The maximum atomic E-state index is 11.5. The molecule has 7 heteroatoms. The van der Waals surface area contributed by atoms with Crippen LogP contribution in [0.2, 0.25) is 0 Å². The molecule has 0 bridgehead atoms. The summed E-state index contributed by atoms with van der Waals surface area (Å²) in [6.07, 6.45) is 4.77. The minimum atomic E-state index is -2.98. The van der Waals surface area contributed by atoms with E-state index in [1.807, 2.05) is 24.3 Å². The van der Waals surface area contributed by atoms with Crippen molar-refractivity contribution < 1.29 is 8.42 Å². The molecule has 6 nitrogen and oxygen atoms in total. The highest BCUT2D eigenvalue weighted by Gasteiger charge is 2.17. The van der Waals surface area contributed by atoms with Gasteiger partial charge in [0.2, 0.25) is 0 Å². The molecule has 0 amide bonds. The molecular formula is C18H24N4O2S. The lowest BCUT2D eigenvalue weighted by Crippen LogP contribution is -2.10. The van der Waals surface area contributed by atoms with Crippen LogP contribution in [-0.2, 0) is 22.8 Å². The predicted molar refractivity (Wildman–Crippen MR) is 102 cm³/mol. The Morgan fingerprint density at radius 3 is 2.64 bits per heavy atom. The number of aromatic nitrogens is 3. The standard InChI is InChI=1S/C18H24N4O2S/c1-3-4-10-15-21-16-17(22(15)11-7-12-25(2,23)24)13-8-5-6-9-14(13)20-18(16)19/h5-6,8-9H,3-4,7,10-12H2,1-2H3,(H2,19,20). The van der Waals surface area contributed by atoms with Gasteiger partial charge >= 0.3 is 0 Å². The van der Waals surface area contributed by atoms with Crippen molar-refractivity contribution in [2.75, 3.05) is 17.7 Å². The Morgan fingerprint density at radius 1 is 1.16 bits per heavy atom. The van der Waals surface area contributed by atoms with E-state index < -0.39 is 9.84 Å². The molecule has 0 aliphatic heterocycles. The van der Waals surface area contributed by atoms with Crippen LogP contribution in [0.3, 0.4) is 0 Å². The Kier molecular flexibility index (Phi) is 4.94. The molecular weight excluding hydrogens is 336 g/mol. The van der Waals surface area contributed by atoms with Crippen molar-refractivity contribution in [2.45, 2.75) is 39.2 Å². The number of nitrogens with zero attached hydrogens (tertiary/aromatic N) is 3. The summed E-state index contributed by atoms with van der Waals surface area (Å²) in [6.45, 7) is 2.75. The molecule has 3 aromatic rings. The second-order valence-electron chi connectivity index (χ2n) is 6.48. The molecule has 0 aliphatic rings. The van der Waals surface area contributed by atoms with Crippen molar-refractivity contribution in [2.24, 2.45) is 0 Å². The van der Waals surface area contributed by atoms with Gasteiger partial charge in [0.25, 0.3) is 0 Å². The molecule has 0 fully saturated rings. The van der Waals surface area contributed by atoms with Gasteiger partial charge < -0.3 is 10.3 Å². The van der Waals surface area contributed by atoms with Crippen LogP contribution in [0.15, 0.2) is 24.3 Å². The first-order chi connectivity index (χ1) is 11.9. The number of hydrogen-bond donors (Lipinski definition) is 1. The third kappa shape index (κ3) is 3.76. The van der Waals surface area contributed by atoms with Crippen LogP contribution >= 0.6 is 0 Å². The van der Waals surface area contributed by atoms with Crippen molar-refractivity contribution in [3.05, 3.63) is 30.1 Å². The van der Waals surface area contributed by atoms with E-state index in [1.165, 1.54) is 6.26 Å². The Bertz CT molecular complexity index is 1010. The molecule has 2 N–H and O–H groups in total. The Morgan fingerprint density at radius 2 is 1.92 bits per heavy atom. The van der Waals surface area contributed by atoms with E-state index >= 15 is 0 Å². The van der Waals surface area contributed by atoms with E-state index in [9.17, 15) is 8.42 Å². The van der Waals surface area contributed by atoms with Gasteiger partial charge in [-0.3, -0.25) is 0 Å². The zero-order valence-electron chi connectivity index (χ0n) is 14.7. The van der Waals surface area contributed by atoms with E-state index in [1.54, 1.807) is 0 Å². The number of sulfone groups is 1. The molecule has 134 valence electrons. The lowest BCUT2D eigenvalue weighted by atomic mass is 10.2. The first-order valence-corrected chi connectivity index (χ1v) is 10.7. The maximum absolute atomic E-state index is 11.5. The molecule has 0 unspecified atom stereocenters. The summed E-state index contributed by atoms with van der Waals surface area (Å²) in [5.74, 6) is 1.54. The number of aryl methyl sites for hydroxylation is 2. The normalized spacial score (nSPS) is 12.2. The molecule has 0 radical (unpaired) electrons. The average molecular weight is 360 g/mol. The molecule has 2 aromatic heterocycles. The number of unbranched alkanes of at least 4 members (excludes halogenated alkanes) is 1. The lowest BCUT2D eigenvalue weighted by molar-refractivity contribution is 0.588. The number of para-hydroxylation sites is 1. The summed E-state index contributed by atoms with van der Waals surface area (Å²) in [6, 6.07) is 7.86. The van der Waals surface area contributed by atoms with Gasteiger partial charge in [0.1, 0.15) is 21.2 Å². The summed E-state index contributed by atoms with van der Waals surface area (Å²) in [4.78, 5) is 9.21. The second kappa shape index (κ2) is 7.00. The van der Waals surface area contributed by atoms with Gasteiger partial charge in [-0.1, -0.05) is 31.5 Å². The smallest absolute Gasteiger partial charge is 0.152 e. The van der Waals surface area contributed by atoms with Crippen LogP contribution < -0.4 is 5.73 Å². The molecule has 0 spiro atoms. The van der Waals surface area contributed by atoms with Crippen LogP contribution in [-0.4, -0.2) is 35.0 Å². The predicted octanol–water partition coefficient (Wildman–Crippen LogP) is 2.94. The van der Waals surface area contributed by atoms with Gasteiger partial charge in [-0.2, -0.15) is 0 Å². The number of imidazole rings is 1. The van der Waals surface area contributed by atoms with Crippen molar-refractivity contribution in [1.29, 1.82) is 0 Å². The molecule has 0 saturated heterocycles. The van der Waals surface area contributed by atoms with Gasteiger partial charge in [0, 0.05) is 24.6 Å². The summed E-state index contributed by atoms with van der Waals surface area (Å²) in [5.41, 5.74) is 8.65. The minimum absolute atomic E-state index is 0.165. The second-order valence-corrected chi connectivity index (χ2v) is 8.74. The monoisotopic (exact) mass is 360 g/mol. The molecule has 3 rings (SSSR count). The Hall–Kier alpha value is -2.15. The number of benzene rings is 1. The largest absolute Gasteiger partial charge is 0.382 e. The van der Waals surface area contributed by atoms with Gasteiger partial charge in [0.05, 0.1) is 16.8 Å². The number of fused-ring (bicyclic) bond motifs is 3. The zero-order chi connectivity index (χ0) is 18.0. The van der Waals surface area contributed by atoms with E-state index in [0.717, 1.165) is 41.5 Å². The fourth-order valence-corrected chi connectivity index (χ4v) is 3.81. The number of pyridine rings is 1. The highest BCUT2D eigenvalue weighted by molar-refractivity contribution is 7.90. The number of nitrogens with two attached hydrogens (primary N) is 1. The first kappa shape index (κ1) is 17.7. The van der Waals surface area contributed by atoms with Crippen LogP contribution in [0.1, 0.15) is 32.0 Å². The third-order valence-electron chi connectivity index (χ3n) is 4.34. The van der Waals surface area contributed by atoms with Crippen molar-refractivity contribution in [3.8, 4) is 0 Å². The number of hydrogen-bond acceptors (Lipinski definition) is 5. The van der Waals surface area contributed by atoms with E-state index in [-0.39, 0.29) is 5.75 Å². The Balaban J connectivity index is 2.14. The molecule has 2 heterocycles. The highest BCUT2D eigenvalue weighted by Crippen LogP contribution is 2.29. The molecule has 1 aromatic carbocycles. The summed E-state index contributed by atoms with van der Waals surface area (Å²) < 4.78 is 25.1. The quantitative estimate of drug-likeness (QED) is 0.699. The first-order valence-electron chi connectivity index (χ1n) is 8.61. The zero-order valence-corrected chi connectivity index (χ0v) is 15.5. The Labute approximate surface area is 148 Å². The maximum Gasteiger partial charge on any atom is 0.152 e. The van der Waals surface area contributed by atoms with Crippen molar-refractivity contribution in [3.63, 3.8) is 0 Å².